The summed E-state index contributed by atoms with van der Waals surface area (Å²) in [6.45, 7) is 3.86. The number of hydrogen-bond donors (Lipinski definition) is 1. The van der Waals surface area contributed by atoms with E-state index in [2.05, 4.69) is 0 Å². The normalized spacial score (nSPS) is 11.9. The Bertz CT molecular complexity index is 378. The molecular weight excluding hydrogens is 202 g/mol. The first-order valence-corrected chi connectivity index (χ1v) is 5.31. The first-order valence-electron chi connectivity index (χ1n) is 5.31. The predicted octanol–water partition coefficient (Wildman–Crippen LogP) is 2.02. The lowest BCUT2D eigenvalue weighted by Gasteiger charge is -2.08. The highest BCUT2D eigenvalue weighted by Crippen LogP contribution is 2.11. The summed E-state index contributed by atoms with van der Waals surface area (Å²) >= 11 is 0. The van der Waals surface area contributed by atoms with Gasteiger partial charge in [-0.3, -0.25) is 0 Å². The van der Waals surface area contributed by atoms with Crippen molar-refractivity contribution in [2.24, 2.45) is 5.73 Å². The molecule has 0 spiro atoms. The molecule has 0 heterocycles. The molecule has 0 fully saturated rings. The molecule has 0 radical (unpaired) electrons. The molecule has 0 unspecified atom stereocenters. The van der Waals surface area contributed by atoms with Gasteiger partial charge in [-0.25, -0.2) is 4.79 Å². The van der Waals surface area contributed by atoms with Crippen molar-refractivity contribution in [2.45, 2.75) is 20.3 Å². The molecule has 1 aromatic rings. The van der Waals surface area contributed by atoms with E-state index in [0.717, 1.165) is 5.56 Å². The lowest BCUT2D eigenvalue weighted by atomic mass is 10.0. The van der Waals surface area contributed by atoms with Crippen LogP contribution >= 0.6 is 0 Å². The van der Waals surface area contributed by atoms with Crippen LogP contribution in [-0.2, 0) is 16.0 Å². The number of nitrogens with two attached hydrogens (primary N) is 1. The molecule has 0 aliphatic rings. The Morgan fingerprint density at radius 2 is 1.94 bits per heavy atom. The summed E-state index contributed by atoms with van der Waals surface area (Å²) in [5.74, 6) is -0.327. The van der Waals surface area contributed by atoms with E-state index in [0.29, 0.717) is 24.3 Å². The van der Waals surface area contributed by atoms with Crippen molar-refractivity contribution in [1.29, 1.82) is 0 Å². The van der Waals surface area contributed by atoms with Crippen molar-refractivity contribution in [1.82, 2.24) is 0 Å². The predicted molar refractivity (Wildman–Crippen MR) is 63.7 cm³/mol. The molecule has 0 atom stereocenters. The zero-order chi connectivity index (χ0) is 12.0. The van der Waals surface area contributed by atoms with Gasteiger partial charge in [0.25, 0.3) is 0 Å². The average molecular weight is 219 g/mol. The minimum Gasteiger partial charge on any atom is -0.463 e. The van der Waals surface area contributed by atoms with Crippen molar-refractivity contribution in [3.8, 4) is 0 Å². The van der Waals surface area contributed by atoms with Crippen molar-refractivity contribution >= 4 is 5.97 Å². The Kier molecular flexibility index (Phi) is 4.58. The Hall–Kier alpha value is -1.77. The number of allylic oxidation sites excluding steroid dienone is 1. The van der Waals surface area contributed by atoms with Gasteiger partial charge < -0.3 is 10.5 Å². The minimum atomic E-state index is -0.327. The fraction of sp³-hybridized carbons (Fsp3) is 0.308. The van der Waals surface area contributed by atoms with E-state index in [1.54, 1.807) is 13.8 Å². The Balaban J connectivity index is 2.83. The van der Waals surface area contributed by atoms with E-state index in [-0.39, 0.29) is 5.97 Å². The molecule has 0 amide bonds. The van der Waals surface area contributed by atoms with Gasteiger partial charge in [-0.15, -0.1) is 0 Å². The smallest absolute Gasteiger partial charge is 0.336 e. The molecule has 86 valence electrons. The number of esters is 1. The van der Waals surface area contributed by atoms with E-state index in [4.69, 9.17) is 10.5 Å². The minimum absolute atomic E-state index is 0.327. The van der Waals surface area contributed by atoms with Gasteiger partial charge in [0.15, 0.2) is 0 Å². The molecule has 0 aromatic heterocycles. The summed E-state index contributed by atoms with van der Waals surface area (Å²) in [7, 11) is 0. The number of hydrogen-bond acceptors (Lipinski definition) is 3. The van der Waals surface area contributed by atoms with Crippen molar-refractivity contribution in [3.05, 3.63) is 47.2 Å². The highest BCUT2D eigenvalue weighted by molar-refractivity contribution is 5.89. The fourth-order valence-electron chi connectivity index (χ4n) is 1.39. The van der Waals surface area contributed by atoms with Gasteiger partial charge in [-0.05, 0) is 19.4 Å². The zero-order valence-electron chi connectivity index (χ0n) is 9.69. The van der Waals surface area contributed by atoms with Crippen molar-refractivity contribution < 1.29 is 9.53 Å². The van der Waals surface area contributed by atoms with Crippen LogP contribution < -0.4 is 5.73 Å². The second kappa shape index (κ2) is 5.95. The van der Waals surface area contributed by atoms with Crippen molar-refractivity contribution in [3.63, 3.8) is 0 Å². The van der Waals surface area contributed by atoms with Gasteiger partial charge in [0, 0.05) is 12.1 Å². The van der Waals surface area contributed by atoms with Gasteiger partial charge in [0.05, 0.1) is 12.2 Å². The second-order valence-corrected chi connectivity index (χ2v) is 3.54. The van der Waals surface area contributed by atoms with Crippen LogP contribution in [0, 0.1) is 0 Å². The number of carbonyl (C=O) groups excluding carboxylic acids is 1. The maximum atomic E-state index is 11.6. The number of ether oxygens (including phenoxy) is 1. The van der Waals surface area contributed by atoms with E-state index >= 15 is 0 Å². The molecule has 0 saturated heterocycles. The van der Waals surface area contributed by atoms with Gasteiger partial charge in [-0.2, -0.15) is 0 Å². The number of rotatable bonds is 4. The molecule has 1 aromatic carbocycles. The third-order valence-corrected chi connectivity index (χ3v) is 2.22. The van der Waals surface area contributed by atoms with Crippen LogP contribution in [-0.4, -0.2) is 12.6 Å². The molecule has 3 nitrogen and oxygen atoms in total. The summed E-state index contributed by atoms with van der Waals surface area (Å²) in [5.41, 5.74) is 7.80. The molecule has 0 aliphatic carbocycles. The third kappa shape index (κ3) is 3.42. The summed E-state index contributed by atoms with van der Waals surface area (Å²) in [6.07, 6.45) is 0.516. The number of benzene rings is 1. The summed E-state index contributed by atoms with van der Waals surface area (Å²) < 4.78 is 4.96. The first kappa shape index (κ1) is 12.3. The third-order valence-electron chi connectivity index (χ3n) is 2.22. The molecule has 3 heteroatoms. The van der Waals surface area contributed by atoms with Crippen LogP contribution in [0.1, 0.15) is 19.4 Å². The van der Waals surface area contributed by atoms with Crippen LogP contribution in [0.25, 0.3) is 0 Å². The molecule has 16 heavy (non-hydrogen) atoms. The Labute approximate surface area is 95.9 Å². The Morgan fingerprint density at radius 1 is 1.31 bits per heavy atom. The Morgan fingerprint density at radius 3 is 2.44 bits per heavy atom. The molecule has 2 N–H and O–H groups in total. The summed E-state index contributed by atoms with van der Waals surface area (Å²) in [6, 6.07) is 9.73. The lowest BCUT2D eigenvalue weighted by molar-refractivity contribution is -0.138. The van der Waals surface area contributed by atoms with E-state index in [1.165, 1.54) is 0 Å². The molecule has 0 bridgehead atoms. The highest BCUT2D eigenvalue weighted by Gasteiger charge is 2.13. The topological polar surface area (TPSA) is 52.3 Å². The second-order valence-electron chi connectivity index (χ2n) is 3.54. The molecule has 0 saturated carbocycles. The van der Waals surface area contributed by atoms with Crippen LogP contribution in [0.2, 0.25) is 0 Å². The van der Waals surface area contributed by atoms with E-state index in [1.807, 2.05) is 30.3 Å². The SMILES string of the molecule is CCOC(=O)C(Cc1ccccc1)=C(C)N. The van der Waals surface area contributed by atoms with Crippen LogP contribution in [0.4, 0.5) is 0 Å². The number of carbonyl (C=O) groups is 1. The van der Waals surface area contributed by atoms with Crippen LogP contribution in [0.5, 0.6) is 0 Å². The fourth-order valence-corrected chi connectivity index (χ4v) is 1.39. The van der Waals surface area contributed by atoms with Crippen LogP contribution in [0.15, 0.2) is 41.6 Å². The average Bonchev–Trinajstić information content (AvgIpc) is 2.27. The zero-order valence-corrected chi connectivity index (χ0v) is 9.69. The van der Waals surface area contributed by atoms with Crippen molar-refractivity contribution in [2.75, 3.05) is 6.61 Å². The largest absolute Gasteiger partial charge is 0.463 e. The lowest BCUT2D eigenvalue weighted by Crippen LogP contribution is -2.14. The van der Waals surface area contributed by atoms with Gasteiger partial charge >= 0.3 is 5.97 Å². The standard InChI is InChI=1S/C13H17NO2/c1-3-16-13(15)12(10(2)14)9-11-7-5-4-6-8-11/h4-8H,3,9,14H2,1-2H3. The monoisotopic (exact) mass is 219 g/mol. The van der Waals surface area contributed by atoms with Gasteiger partial charge in [0.2, 0.25) is 0 Å². The molecular formula is C13H17NO2. The summed E-state index contributed by atoms with van der Waals surface area (Å²) in [5, 5.41) is 0. The maximum Gasteiger partial charge on any atom is 0.336 e. The van der Waals surface area contributed by atoms with Gasteiger partial charge in [0.1, 0.15) is 0 Å². The first-order chi connectivity index (χ1) is 7.65. The molecule has 1 rings (SSSR count). The molecule has 0 aliphatic heterocycles. The van der Waals surface area contributed by atoms with Crippen LogP contribution in [0.3, 0.4) is 0 Å². The van der Waals surface area contributed by atoms with E-state index < -0.39 is 0 Å². The van der Waals surface area contributed by atoms with E-state index in [9.17, 15) is 4.79 Å². The quantitative estimate of drug-likeness (QED) is 0.622. The summed E-state index contributed by atoms with van der Waals surface area (Å²) in [4.78, 5) is 11.6. The van der Waals surface area contributed by atoms with Gasteiger partial charge in [-0.1, -0.05) is 30.3 Å². The highest BCUT2D eigenvalue weighted by atomic mass is 16.5. The maximum absolute atomic E-state index is 11.6.